The van der Waals surface area contributed by atoms with E-state index in [2.05, 4.69) is 5.16 Å². The van der Waals surface area contributed by atoms with Crippen molar-refractivity contribution in [2.75, 3.05) is 17.1 Å². The number of hydrogen-bond acceptors (Lipinski definition) is 5. The third-order valence-electron chi connectivity index (χ3n) is 2.84. The van der Waals surface area contributed by atoms with Crippen LogP contribution in [0.1, 0.15) is 11.5 Å². The number of nitrogens with zero attached hydrogens (tertiary/aromatic N) is 2. The van der Waals surface area contributed by atoms with E-state index in [9.17, 15) is 8.42 Å². The van der Waals surface area contributed by atoms with Crippen LogP contribution in [0.3, 0.4) is 0 Å². The molecule has 1 heterocycles. The number of aromatic nitrogens is 1. The topological polar surface area (TPSA) is 89.4 Å². The van der Waals surface area contributed by atoms with Gasteiger partial charge in [-0.05, 0) is 38.1 Å². The van der Waals surface area contributed by atoms with Gasteiger partial charge in [0.25, 0.3) is 10.0 Å². The molecule has 6 nitrogen and oxygen atoms in total. The Hall–Kier alpha value is -2.02. The Balaban J connectivity index is 2.48. The third kappa shape index (κ3) is 2.28. The first kappa shape index (κ1) is 13.4. The zero-order valence-electron chi connectivity index (χ0n) is 10.9. The van der Waals surface area contributed by atoms with Crippen LogP contribution in [0.5, 0.6) is 0 Å². The van der Waals surface area contributed by atoms with Gasteiger partial charge in [0.05, 0.1) is 5.69 Å². The molecule has 19 heavy (non-hydrogen) atoms. The van der Waals surface area contributed by atoms with E-state index in [-0.39, 0.29) is 10.7 Å². The SMILES string of the molecule is Cc1noc(C)c1S(=O)(=O)N(C)c1ccc(N)cc1. The van der Waals surface area contributed by atoms with E-state index in [1.165, 1.54) is 11.4 Å². The second-order valence-corrected chi connectivity index (χ2v) is 6.12. The van der Waals surface area contributed by atoms with Crippen LogP contribution in [-0.2, 0) is 10.0 Å². The minimum Gasteiger partial charge on any atom is -0.399 e. The first-order valence-corrected chi connectivity index (χ1v) is 7.05. The van der Waals surface area contributed by atoms with E-state index >= 15 is 0 Å². The largest absolute Gasteiger partial charge is 0.399 e. The predicted molar refractivity (Wildman–Crippen MR) is 72.4 cm³/mol. The monoisotopic (exact) mass is 281 g/mol. The number of nitrogens with two attached hydrogens (primary N) is 1. The van der Waals surface area contributed by atoms with Crippen LogP contribution in [0.25, 0.3) is 0 Å². The van der Waals surface area contributed by atoms with E-state index in [1.807, 2.05) is 0 Å². The van der Waals surface area contributed by atoms with E-state index in [1.54, 1.807) is 38.1 Å². The van der Waals surface area contributed by atoms with Crippen LogP contribution in [0.15, 0.2) is 33.7 Å². The molecule has 102 valence electrons. The van der Waals surface area contributed by atoms with Crippen LogP contribution in [0, 0.1) is 13.8 Å². The summed E-state index contributed by atoms with van der Waals surface area (Å²) in [6.45, 7) is 3.17. The van der Waals surface area contributed by atoms with Gasteiger partial charge in [-0.2, -0.15) is 0 Å². The molecular formula is C12H15N3O3S. The van der Waals surface area contributed by atoms with Gasteiger partial charge in [-0.3, -0.25) is 4.31 Å². The van der Waals surface area contributed by atoms with E-state index < -0.39 is 10.0 Å². The molecular weight excluding hydrogens is 266 g/mol. The quantitative estimate of drug-likeness (QED) is 0.865. The van der Waals surface area contributed by atoms with Crippen molar-refractivity contribution in [3.8, 4) is 0 Å². The lowest BCUT2D eigenvalue weighted by atomic mass is 10.3. The fourth-order valence-electron chi connectivity index (χ4n) is 1.80. The van der Waals surface area contributed by atoms with E-state index in [0.717, 1.165) is 0 Å². The fourth-order valence-corrected chi connectivity index (χ4v) is 3.29. The van der Waals surface area contributed by atoms with Crippen molar-refractivity contribution in [2.24, 2.45) is 0 Å². The summed E-state index contributed by atoms with van der Waals surface area (Å²) in [5.41, 5.74) is 7.03. The van der Waals surface area contributed by atoms with Crippen LogP contribution in [0.4, 0.5) is 11.4 Å². The van der Waals surface area contributed by atoms with Crippen LogP contribution >= 0.6 is 0 Å². The molecule has 1 aromatic heterocycles. The summed E-state index contributed by atoms with van der Waals surface area (Å²) < 4.78 is 31.1. The molecule has 0 atom stereocenters. The van der Waals surface area contributed by atoms with Crippen molar-refractivity contribution in [3.05, 3.63) is 35.7 Å². The van der Waals surface area contributed by atoms with E-state index in [0.29, 0.717) is 17.1 Å². The summed E-state index contributed by atoms with van der Waals surface area (Å²) in [5.74, 6) is 0.278. The van der Waals surface area contributed by atoms with Gasteiger partial charge in [0, 0.05) is 12.7 Å². The summed E-state index contributed by atoms with van der Waals surface area (Å²) in [7, 11) is -2.21. The van der Waals surface area contributed by atoms with Crippen molar-refractivity contribution in [1.82, 2.24) is 5.16 Å². The minimum atomic E-state index is -3.69. The highest BCUT2D eigenvalue weighted by Gasteiger charge is 2.28. The number of anilines is 2. The molecule has 0 aliphatic carbocycles. The molecule has 0 radical (unpaired) electrons. The fraction of sp³-hybridized carbons (Fsp3) is 0.250. The zero-order valence-corrected chi connectivity index (χ0v) is 11.7. The summed E-state index contributed by atoms with van der Waals surface area (Å²) >= 11 is 0. The molecule has 0 spiro atoms. The molecule has 0 aliphatic heterocycles. The second-order valence-electron chi connectivity index (χ2n) is 4.22. The average Bonchev–Trinajstić information content (AvgIpc) is 2.69. The number of hydrogen-bond donors (Lipinski definition) is 1. The lowest BCUT2D eigenvalue weighted by Crippen LogP contribution is -2.27. The van der Waals surface area contributed by atoms with Gasteiger partial charge < -0.3 is 10.3 Å². The van der Waals surface area contributed by atoms with Gasteiger partial charge in [0.2, 0.25) is 0 Å². The Bertz CT molecular complexity index is 670. The highest BCUT2D eigenvalue weighted by Crippen LogP contribution is 2.26. The number of rotatable bonds is 3. The van der Waals surface area contributed by atoms with Gasteiger partial charge in [0.15, 0.2) is 10.7 Å². The first-order valence-electron chi connectivity index (χ1n) is 5.61. The molecule has 2 rings (SSSR count). The van der Waals surface area contributed by atoms with Gasteiger partial charge in [-0.1, -0.05) is 5.16 Å². The molecule has 0 unspecified atom stereocenters. The maximum atomic E-state index is 12.5. The predicted octanol–water partition coefficient (Wildman–Crippen LogP) is 1.70. The van der Waals surface area contributed by atoms with Gasteiger partial charge in [-0.15, -0.1) is 0 Å². The molecule has 0 fully saturated rings. The Morgan fingerprint density at radius 1 is 1.21 bits per heavy atom. The molecule has 2 aromatic rings. The Morgan fingerprint density at radius 3 is 2.26 bits per heavy atom. The lowest BCUT2D eigenvalue weighted by molar-refractivity contribution is 0.390. The Morgan fingerprint density at radius 2 is 1.79 bits per heavy atom. The second kappa shape index (κ2) is 4.58. The normalized spacial score (nSPS) is 11.5. The summed E-state index contributed by atoms with van der Waals surface area (Å²) in [6.07, 6.45) is 0. The molecule has 0 saturated carbocycles. The average molecular weight is 281 g/mol. The molecule has 0 saturated heterocycles. The number of nitrogen functional groups attached to an aromatic ring is 1. The van der Waals surface area contributed by atoms with Crippen molar-refractivity contribution >= 4 is 21.4 Å². The smallest absolute Gasteiger partial charge is 0.269 e. The number of aryl methyl sites for hydroxylation is 2. The van der Waals surface area contributed by atoms with Crippen LogP contribution in [-0.4, -0.2) is 20.6 Å². The molecule has 0 amide bonds. The van der Waals surface area contributed by atoms with Gasteiger partial charge >= 0.3 is 0 Å². The van der Waals surface area contributed by atoms with Crippen molar-refractivity contribution in [1.29, 1.82) is 0 Å². The highest BCUT2D eigenvalue weighted by molar-refractivity contribution is 7.92. The van der Waals surface area contributed by atoms with Crippen LogP contribution < -0.4 is 10.0 Å². The van der Waals surface area contributed by atoms with Crippen LogP contribution in [0.2, 0.25) is 0 Å². The minimum absolute atomic E-state index is 0.104. The van der Waals surface area contributed by atoms with Gasteiger partial charge in [0.1, 0.15) is 5.69 Å². The van der Waals surface area contributed by atoms with Gasteiger partial charge in [-0.25, -0.2) is 8.42 Å². The summed E-state index contributed by atoms with van der Waals surface area (Å²) in [4.78, 5) is 0.104. The highest BCUT2D eigenvalue weighted by atomic mass is 32.2. The van der Waals surface area contributed by atoms with Crippen molar-refractivity contribution in [2.45, 2.75) is 18.7 Å². The number of benzene rings is 1. The maximum Gasteiger partial charge on any atom is 0.269 e. The third-order valence-corrected chi connectivity index (χ3v) is 4.87. The zero-order chi connectivity index (χ0) is 14.2. The van der Waals surface area contributed by atoms with Crippen molar-refractivity contribution < 1.29 is 12.9 Å². The Labute approximate surface area is 111 Å². The first-order chi connectivity index (χ1) is 8.84. The summed E-state index contributed by atoms with van der Waals surface area (Å²) in [5, 5.41) is 3.67. The molecule has 0 aliphatic rings. The molecule has 2 N–H and O–H groups in total. The molecule has 7 heteroatoms. The number of sulfonamides is 1. The van der Waals surface area contributed by atoms with E-state index in [4.69, 9.17) is 10.3 Å². The maximum absolute atomic E-state index is 12.5. The van der Waals surface area contributed by atoms with Crippen molar-refractivity contribution in [3.63, 3.8) is 0 Å². The lowest BCUT2D eigenvalue weighted by Gasteiger charge is -2.19. The molecule has 1 aromatic carbocycles. The standard InChI is InChI=1S/C12H15N3O3S/c1-8-12(9(2)18-14-8)19(16,17)15(3)11-6-4-10(13)5-7-11/h4-7H,13H2,1-3H3. The molecule has 0 bridgehead atoms. The Kier molecular flexibility index (Phi) is 3.23. The summed E-state index contributed by atoms with van der Waals surface area (Å²) in [6, 6.07) is 6.58.